The van der Waals surface area contributed by atoms with Crippen molar-refractivity contribution < 1.29 is 33.4 Å². The highest BCUT2D eigenvalue weighted by Gasteiger charge is 2.50. The Labute approximate surface area is 297 Å². The molecule has 1 unspecified atom stereocenters. The van der Waals surface area contributed by atoms with Crippen LogP contribution in [0.25, 0.3) is 0 Å². The van der Waals surface area contributed by atoms with Crippen LogP contribution in [0.5, 0.6) is 0 Å². The Balaban J connectivity index is 1.83. The lowest BCUT2D eigenvalue weighted by Crippen LogP contribution is -2.59. The maximum absolute atomic E-state index is 14.0. The van der Waals surface area contributed by atoms with Crippen molar-refractivity contribution in [2.24, 2.45) is 11.8 Å². The maximum Gasteiger partial charge on any atom is 0.408 e. The van der Waals surface area contributed by atoms with Crippen LogP contribution in [-0.2, 0) is 41.5 Å². The molecular formula is C39H56N4O7. The van der Waals surface area contributed by atoms with E-state index in [4.69, 9.17) is 9.47 Å². The van der Waals surface area contributed by atoms with E-state index in [0.29, 0.717) is 19.4 Å². The lowest BCUT2D eigenvalue weighted by molar-refractivity contribution is -0.134. The Morgan fingerprint density at radius 1 is 0.700 bits per heavy atom. The van der Waals surface area contributed by atoms with Crippen molar-refractivity contribution in [2.75, 3.05) is 6.61 Å². The molecule has 0 saturated carbocycles. The van der Waals surface area contributed by atoms with Crippen LogP contribution < -0.4 is 21.3 Å². The zero-order valence-corrected chi connectivity index (χ0v) is 30.8. The van der Waals surface area contributed by atoms with Gasteiger partial charge in [-0.3, -0.25) is 19.2 Å². The van der Waals surface area contributed by atoms with Gasteiger partial charge in [0.1, 0.15) is 29.3 Å². The van der Waals surface area contributed by atoms with Crippen LogP contribution >= 0.6 is 0 Å². The van der Waals surface area contributed by atoms with Crippen molar-refractivity contribution in [1.29, 1.82) is 0 Å². The molecule has 274 valence electrons. The molecule has 1 aliphatic rings. The predicted octanol–water partition coefficient (Wildman–Crippen LogP) is 4.66. The Kier molecular flexibility index (Phi) is 14.6. The van der Waals surface area contributed by atoms with Crippen molar-refractivity contribution >= 4 is 29.6 Å². The molecule has 0 spiro atoms. The molecule has 2 aromatic rings. The van der Waals surface area contributed by atoms with Crippen LogP contribution in [0, 0.1) is 11.8 Å². The van der Waals surface area contributed by atoms with Gasteiger partial charge in [-0.25, -0.2) is 4.79 Å². The molecule has 2 aromatic carbocycles. The molecule has 1 heterocycles. The van der Waals surface area contributed by atoms with E-state index in [1.807, 2.05) is 88.4 Å². The second-order valence-corrected chi connectivity index (χ2v) is 15.2. The lowest BCUT2D eigenvalue weighted by atomic mass is 9.93. The van der Waals surface area contributed by atoms with Crippen LogP contribution in [0.2, 0.25) is 0 Å². The van der Waals surface area contributed by atoms with E-state index in [9.17, 15) is 24.0 Å². The molecule has 0 aliphatic carbocycles. The van der Waals surface area contributed by atoms with Crippen molar-refractivity contribution in [3.63, 3.8) is 0 Å². The first-order valence-corrected chi connectivity index (χ1v) is 17.6. The van der Waals surface area contributed by atoms with Crippen LogP contribution in [-0.4, -0.2) is 71.6 Å². The molecule has 0 bridgehead atoms. The molecule has 50 heavy (non-hydrogen) atoms. The number of ether oxygens (including phenoxy) is 2. The SMILES string of the molecule is CC(C)C[C@H](NC(=O)[C@H](CCc1ccccc1)NC(=O)OC(C)(C)C)C(=O)N[C@@H](Cc1ccccc1)C(=O)N[C@H](CC(C)C)C(=O)C1(C)CO1. The third-order valence-corrected chi connectivity index (χ3v) is 8.27. The van der Waals surface area contributed by atoms with Gasteiger partial charge in [0.25, 0.3) is 0 Å². The Morgan fingerprint density at radius 2 is 1.16 bits per heavy atom. The average molecular weight is 693 g/mol. The normalized spacial score (nSPS) is 18.0. The van der Waals surface area contributed by atoms with E-state index < -0.39 is 59.2 Å². The first kappa shape index (κ1) is 40.2. The smallest absolute Gasteiger partial charge is 0.408 e. The number of rotatable bonds is 18. The average Bonchev–Trinajstić information content (AvgIpc) is 3.79. The Hall–Kier alpha value is -4.25. The summed E-state index contributed by atoms with van der Waals surface area (Å²) in [5.41, 5.74) is 0.0894. The monoisotopic (exact) mass is 692 g/mol. The van der Waals surface area contributed by atoms with E-state index in [-0.39, 0.29) is 36.9 Å². The summed E-state index contributed by atoms with van der Waals surface area (Å²) in [6.45, 7) is 15.0. The number of benzene rings is 2. The maximum atomic E-state index is 14.0. The molecule has 11 heteroatoms. The molecule has 4 N–H and O–H groups in total. The molecule has 4 amide bonds. The van der Waals surface area contributed by atoms with Crippen molar-refractivity contribution in [2.45, 2.75) is 123 Å². The summed E-state index contributed by atoms with van der Waals surface area (Å²) in [5.74, 6) is -1.69. The van der Waals surface area contributed by atoms with E-state index in [2.05, 4.69) is 21.3 Å². The molecule has 0 aromatic heterocycles. The topological polar surface area (TPSA) is 155 Å². The minimum Gasteiger partial charge on any atom is -0.444 e. The summed E-state index contributed by atoms with van der Waals surface area (Å²) in [7, 11) is 0. The van der Waals surface area contributed by atoms with E-state index >= 15 is 0 Å². The van der Waals surface area contributed by atoms with E-state index in [1.54, 1.807) is 27.7 Å². The second-order valence-electron chi connectivity index (χ2n) is 15.2. The summed E-state index contributed by atoms with van der Waals surface area (Å²) >= 11 is 0. The standard InChI is InChI=1S/C39H56N4O7/c1-25(2)21-30(33(44)39(8)24-49-39)40-36(47)32(23-28-17-13-10-14-18-28)42-35(46)31(22-26(3)4)41-34(45)29(43-37(48)50-38(5,6)7)20-19-27-15-11-9-12-16-27/h9-18,25-26,29-32H,19-24H2,1-8H3,(H,40,47)(H,41,45)(H,42,46)(H,43,48)/t29-,30+,31-,32-,39?/m0/s1. The number of carbonyl (C=O) groups excluding carboxylic acids is 5. The fourth-order valence-corrected chi connectivity index (χ4v) is 5.58. The van der Waals surface area contributed by atoms with Crippen LogP contribution in [0.3, 0.4) is 0 Å². The number of Topliss-reactive ketones (excluding diaryl/α,β-unsaturated/α-hetero) is 1. The highest BCUT2D eigenvalue weighted by molar-refractivity contribution is 5.98. The minimum absolute atomic E-state index is 0.00126. The van der Waals surface area contributed by atoms with Crippen LogP contribution in [0.4, 0.5) is 4.79 Å². The molecule has 11 nitrogen and oxygen atoms in total. The van der Waals surface area contributed by atoms with Gasteiger partial charge in [-0.1, -0.05) is 88.4 Å². The summed E-state index contributed by atoms with van der Waals surface area (Å²) in [5, 5.41) is 11.3. The number of amides is 4. The van der Waals surface area contributed by atoms with Gasteiger partial charge in [-0.15, -0.1) is 0 Å². The summed E-state index contributed by atoms with van der Waals surface area (Å²) in [6, 6.07) is 15.0. The number of aryl methyl sites for hydroxylation is 1. The van der Waals surface area contributed by atoms with Gasteiger partial charge in [0.2, 0.25) is 17.7 Å². The third kappa shape index (κ3) is 13.6. The predicted molar refractivity (Wildman–Crippen MR) is 192 cm³/mol. The zero-order chi connectivity index (χ0) is 37.1. The van der Waals surface area contributed by atoms with Gasteiger partial charge in [0.15, 0.2) is 5.78 Å². The number of ketones is 1. The Bertz CT molecular complexity index is 1440. The number of hydrogen-bond donors (Lipinski definition) is 4. The lowest BCUT2D eigenvalue weighted by Gasteiger charge is -2.28. The van der Waals surface area contributed by atoms with Gasteiger partial charge in [-0.05, 0) is 76.3 Å². The minimum atomic E-state index is -1.04. The van der Waals surface area contributed by atoms with Gasteiger partial charge < -0.3 is 30.7 Å². The summed E-state index contributed by atoms with van der Waals surface area (Å²) in [6.07, 6.45) is 0.867. The quantitative estimate of drug-likeness (QED) is 0.166. The summed E-state index contributed by atoms with van der Waals surface area (Å²) in [4.78, 5) is 67.8. The molecule has 1 aliphatic heterocycles. The molecule has 1 fully saturated rings. The number of hydrogen-bond acceptors (Lipinski definition) is 7. The van der Waals surface area contributed by atoms with Gasteiger partial charge in [0, 0.05) is 6.42 Å². The fraction of sp³-hybridized carbons (Fsp3) is 0.564. The highest BCUT2D eigenvalue weighted by atomic mass is 16.6. The van der Waals surface area contributed by atoms with Crippen LogP contribution in [0.15, 0.2) is 60.7 Å². The number of alkyl carbamates (subject to hydrolysis) is 1. The number of carbonyl (C=O) groups is 5. The molecule has 1 saturated heterocycles. The first-order chi connectivity index (χ1) is 23.5. The number of nitrogens with one attached hydrogen (secondary N) is 4. The molecular weight excluding hydrogens is 636 g/mol. The first-order valence-electron chi connectivity index (χ1n) is 17.6. The van der Waals surface area contributed by atoms with Gasteiger partial charge in [0.05, 0.1) is 12.6 Å². The largest absolute Gasteiger partial charge is 0.444 e. The fourth-order valence-electron chi connectivity index (χ4n) is 5.58. The number of epoxide rings is 1. The van der Waals surface area contributed by atoms with Crippen molar-refractivity contribution in [3.05, 3.63) is 71.8 Å². The second kappa shape index (κ2) is 18.1. The summed E-state index contributed by atoms with van der Waals surface area (Å²) < 4.78 is 10.8. The van der Waals surface area contributed by atoms with E-state index in [1.165, 1.54) is 0 Å². The van der Waals surface area contributed by atoms with Gasteiger partial charge >= 0.3 is 6.09 Å². The van der Waals surface area contributed by atoms with E-state index in [0.717, 1.165) is 11.1 Å². The van der Waals surface area contributed by atoms with Gasteiger partial charge in [-0.2, -0.15) is 0 Å². The van der Waals surface area contributed by atoms with Crippen LogP contribution in [0.1, 0.15) is 85.8 Å². The molecule has 0 radical (unpaired) electrons. The highest BCUT2D eigenvalue weighted by Crippen LogP contribution is 2.29. The van der Waals surface area contributed by atoms with Crippen molar-refractivity contribution in [3.8, 4) is 0 Å². The zero-order valence-electron chi connectivity index (χ0n) is 30.8. The molecule has 3 rings (SSSR count). The van der Waals surface area contributed by atoms with Crippen molar-refractivity contribution in [1.82, 2.24) is 21.3 Å². The molecule has 5 atom stereocenters. The third-order valence-electron chi connectivity index (χ3n) is 8.27. The Morgan fingerprint density at radius 3 is 1.68 bits per heavy atom.